The van der Waals surface area contributed by atoms with Gasteiger partial charge in [0.1, 0.15) is 5.76 Å². The highest BCUT2D eigenvalue weighted by molar-refractivity contribution is 5.12. The molecule has 2 aromatic heterocycles. The van der Waals surface area contributed by atoms with Gasteiger partial charge in [-0.1, -0.05) is 0 Å². The zero-order valence-electron chi connectivity index (χ0n) is 12.2. The molecule has 0 spiro atoms. The Hall–Kier alpha value is -1.55. The molecule has 0 aliphatic rings. The first kappa shape index (κ1) is 13.9. The quantitative estimate of drug-likeness (QED) is 0.868. The van der Waals surface area contributed by atoms with E-state index in [0.717, 1.165) is 18.6 Å². The molecule has 1 unspecified atom stereocenters. The maximum atomic E-state index is 5.38. The van der Waals surface area contributed by atoms with Crippen molar-refractivity contribution in [3.05, 3.63) is 42.4 Å². The zero-order chi connectivity index (χ0) is 13.9. The van der Waals surface area contributed by atoms with Crippen LogP contribution in [0.3, 0.4) is 0 Å². The average molecular weight is 261 g/mol. The molecule has 0 aliphatic heterocycles. The Labute approximate surface area is 114 Å². The molecular formula is C15H23N3O. The Morgan fingerprint density at radius 3 is 2.89 bits per heavy atom. The van der Waals surface area contributed by atoms with E-state index in [1.165, 1.54) is 5.69 Å². The Morgan fingerprint density at radius 1 is 1.47 bits per heavy atom. The predicted molar refractivity (Wildman–Crippen MR) is 76.1 cm³/mol. The van der Waals surface area contributed by atoms with Crippen molar-refractivity contribution in [1.29, 1.82) is 0 Å². The molecule has 0 amide bonds. The Kier molecular flexibility index (Phi) is 4.10. The van der Waals surface area contributed by atoms with Crippen molar-refractivity contribution in [2.24, 2.45) is 0 Å². The van der Waals surface area contributed by atoms with Crippen molar-refractivity contribution in [3.63, 3.8) is 0 Å². The van der Waals surface area contributed by atoms with Crippen molar-refractivity contribution in [2.75, 3.05) is 7.05 Å². The lowest BCUT2D eigenvalue weighted by atomic mass is 10.0. The fourth-order valence-corrected chi connectivity index (χ4v) is 2.21. The molecule has 104 valence electrons. The number of hydrogen-bond donors (Lipinski definition) is 1. The van der Waals surface area contributed by atoms with Crippen LogP contribution in [0.5, 0.6) is 0 Å². The van der Waals surface area contributed by atoms with Gasteiger partial charge in [-0.25, -0.2) is 4.98 Å². The predicted octanol–water partition coefficient (Wildman–Crippen LogP) is 3.12. The van der Waals surface area contributed by atoms with Gasteiger partial charge >= 0.3 is 0 Å². The van der Waals surface area contributed by atoms with Crippen LogP contribution in [0, 0.1) is 0 Å². The van der Waals surface area contributed by atoms with Crippen LogP contribution >= 0.6 is 0 Å². The molecule has 2 rings (SSSR count). The minimum Gasteiger partial charge on any atom is -0.469 e. The summed E-state index contributed by atoms with van der Waals surface area (Å²) in [6.45, 7) is 6.55. The second-order valence-corrected chi connectivity index (χ2v) is 5.53. The summed E-state index contributed by atoms with van der Waals surface area (Å²) in [5, 5.41) is 3.33. The van der Waals surface area contributed by atoms with E-state index in [1.807, 2.05) is 31.7 Å². The van der Waals surface area contributed by atoms with Gasteiger partial charge in [0.15, 0.2) is 0 Å². The number of aryl methyl sites for hydroxylation is 1. The Bertz CT molecular complexity index is 499. The molecule has 0 radical (unpaired) electrons. The average Bonchev–Trinajstić information content (AvgIpc) is 3.06. The van der Waals surface area contributed by atoms with Crippen LogP contribution in [0.1, 0.15) is 44.7 Å². The van der Waals surface area contributed by atoms with Crippen molar-refractivity contribution >= 4 is 0 Å². The van der Waals surface area contributed by atoms with Crippen molar-refractivity contribution in [2.45, 2.75) is 45.2 Å². The summed E-state index contributed by atoms with van der Waals surface area (Å²) in [6, 6.07) is 4.36. The van der Waals surface area contributed by atoms with Crippen LogP contribution in [0.2, 0.25) is 0 Å². The van der Waals surface area contributed by atoms with Gasteiger partial charge in [0.2, 0.25) is 0 Å². The molecule has 0 bridgehead atoms. The summed E-state index contributed by atoms with van der Waals surface area (Å²) in [4.78, 5) is 4.30. The van der Waals surface area contributed by atoms with E-state index in [-0.39, 0.29) is 5.54 Å². The number of furan rings is 1. The second-order valence-electron chi connectivity index (χ2n) is 5.53. The summed E-state index contributed by atoms with van der Waals surface area (Å²) in [5.74, 6) is 1.04. The van der Waals surface area contributed by atoms with Gasteiger partial charge in [0, 0.05) is 12.5 Å². The summed E-state index contributed by atoms with van der Waals surface area (Å²) in [6.07, 6.45) is 7.58. The molecule has 0 saturated carbocycles. The highest BCUT2D eigenvalue weighted by atomic mass is 16.3. The van der Waals surface area contributed by atoms with Crippen LogP contribution in [-0.4, -0.2) is 16.6 Å². The largest absolute Gasteiger partial charge is 0.469 e. The van der Waals surface area contributed by atoms with E-state index in [4.69, 9.17) is 4.42 Å². The first-order chi connectivity index (χ1) is 9.04. The lowest BCUT2D eigenvalue weighted by Crippen LogP contribution is -2.35. The molecule has 0 saturated heterocycles. The molecule has 0 aliphatic carbocycles. The zero-order valence-corrected chi connectivity index (χ0v) is 12.2. The maximum absolute atomic E-state index is 5.38. The van der Waals surface area contributed by atoms with Gasteiger partial charge in [0.25, 0.3) is 0 Å². The normalized spacial score (nSPS) is 13.7. The summed E-state index contributed by atoms with van der Waals surface area (Å²) < 4.78 is 7.63. The van der Waals surface area contributed by atoms with E-state index < -0.39 is 0 Å². The topological polar surface area (TPSA) is 43.0 Å². The van der Waals surface area contributed by atoms with Crippen LogP contribution in [0.25, 0.3) is 0 Å². The smallest absolute Gasteiger partial charge is 0.103 e. The first-order valence-corrected chi connectivity index (χ1v) is 6.78. The van der Waals surface area contributed by atoms with Crippen LogP contribution in [0.4, 0.5) is 0 Å². The minimum atomic E-state index is -0.0740. The third-order valence-electron chi connectivity index (χ3n) is 3.79. The van der Waals surface area contributed by atoms with E-state index in [2.05, 4.69) is 35.6 Å². The lowest BCUT2D eigenvalue weighted by Gasteiger charge is -2.28. The number of imidazole rings is 1. The van der Waals surface area contributed by atoms with E-state index in [9.17, 15) is 0 Å². The molecule has 2 heterocycles. The van der Waals surface area contributed by atoms with Gasteiger partial charge < -0.3 is 14.3 Å². The van der Waals surface area contributed by atoms with E-state index >= 15 is 0 Å². The molecule has 19 heavy (non-hydrogen) atoms. The molecule has 0 fully saturated rings. The van der Waals surface area contributed by atoms with E-state index in [1.54, 1.807) is 6.26 Å². The van der Waals surface area contributed by atoms with Gasteiger partial charge in [-0.15, -0.1) is 0 Å². The van der Waals surface area contributed by atoms with Gasteiger partial charge in [-0.3, -0.25) is 0 Å². The number of nitrogens with one attached hydrogen (secondary N) is 1. The highest BCUT2D eigenvalue weighted by Crippen LogP contribution is 2.24. The highest BCUT2D eigenvalue weighted by Gasteiger charge is 2.23. The molecule has 4 nitrogen and oxygen atoms in total. The summed E-state index contributed by atoms with van der Waals surface area (Å²) in [5.41, 5.74) is 1.14. The van der Waals surface area contributed by atoms with Gasteiger partial charge in [-0.2, -0.15) is 0 Å². The third kappa shape index (κ3) is 3.07. The minimum absolute atomic E-state index is 0.0740. The van der Waals surface area contributed by atoms with Crippen LogP contribution < -0.4 is 5.32 Å². The van der Waals surface area contributed by atoms with Crippen molar-refractivity contribution in [3.8, 4) is 0 Å². The molecule has 0 aromatic carbocycles. The first-order valence-electron chi connectivity index (χ1n) is 6.78. The fraction of sp³-hybridized carbons (Fsp3) is 0.533. The standard InChI is InChI=1S/C15H23N3O/c1-12(7-8-13-6-5-9-19-13)18-11-17-10-14(18)15(2,3)16-4/h5-6,9-12,16H,7-8H2,1-4H3. The number of aromatic nitrogens is 2. The monoisotopic (exact) mass is 261 g/mol. The number of rotatable bonds is 6. The molecule has 4 heteroatoms. The lowest BCUT2D eigenvalue weighted by molar-refractivity contribution is 0.376. The molecule has 1 N–H and O–H groups in total. The Balaban J connectivity index is 2.07. The van der Waals surface area contributed by atoms with Gasteiger partial charge in [0.05, 0.1) is 30.0 Å². The fourth-order valence-electron chi connectivity index (χ4n) is 2.21. The van der Waals surface area contributed by atoms with Crippen molar-refractivity contribution < 1.29 is 4.42 Å². The van der Waals surface area contributed by atoms with Crippen LogP contribution in [-0.2, 0) is 12.0 Å². The second kappa shape index (κ2) is 5.61. The molecule has 1 atom stereocenters. The number of nitrogens with zero attached hydrogens (tertiary/aromatic N) is 2. The van der Waals surface area contributed by atoms with E-state index in [0.29, 0.717) is 6.04 Å². The third-order valence-corrected chi connectivity index (χ3v) is 3.79. The summed E-state index contributed by atoms with van der Waals surface area (Å²) >= 11 is 0. The Morgan fingerprint density at radius 2 is 2.26 bits per heavy atom. The maximum Gasteiger partial charge on any atom is 0.103 e. The molecule has 2 aromatic rings. The number of hydrogen-bond acceptors (Lipinski definition) is 3. The summed E-state index contributed by atoms with van der Waals surface area (Å²) in [7, 11) is 1.98. The SMILES string of the molecule is CNC(C)(C)c1cncn1C(C)CCc1ccco1. The van der Waals surface area contributed by atoms with Crippen molar-refractivity contribution in [1.82, 2.24) is 14.9 Å². The molecular weight excluding hydrogens is 238 g/mol. The van der Waals surface area contributed by atoms with Crippen LogP contribution in [0.15, 0.2) is 35.3 Å². The van der Waals surface area contributed by atoms with Gasteiger partial charge in [-0.05, 0) is 46.4 Å².